The molecule has 2 aliphatic rings. The molecule has 0 aromatic rings. The molecule has 5 heteroatoms. The molecule has 118 valence electrons. The van der Waals surface area contributed by atoms with E-state index in [2.05, 4.69) is 26.1 Å². The van der Waals surface area contributed by atoms with Crippen LogP contribution in [0.2, 0.25) is 0 Å². The van der Waals surface area contributed by atoms with E-state index < -0.39 is 10.0 Å². The summed E-state index contributed by atoms with van der Waals surface area (Å²) in [6.45, 7) is 7.88. The van der Waals surface area contributed by atoms with Crippen LogP contribution >= 0.6 is 0 Å². The van der Waals surface area contributed by atoms with E-state index in [1.54, 1.807) is 0 Å². The zero-order chi connectivity index (χ0) is 14.8. The Morgan fingerprint density at radius 1 is 1.05 bits per heavy atom. The predicted molar refractivity (Wildman–Crippen MR) is 83.3 cm³/mol. The molecule has 1 N–H and O–H groups in total. The van der Waals surface area contributed by atoms with Crippen molar-refractivity contribution in [1.29, 1.82) is 0 Å². The van der Waals surface area contributed by atoms with Crippen LogP contribution in [0.5, 0.6) is 0 Å². The summed E-state index contributed by atoms with van der Waals surface area (Å²) in [6, 6.07) is 0.147. The minimum atomic E-state index is -3.09. The van der Waals surface area contributed by atoms with E-state index in [1.165, 1.54) is 0 Å². The average molecular weight is 302 g/mol. The van der Waals surface area contributed by atoms with Crippen LogP contribution in [0.1, 0.15) is 65.7 Å². The topological polar surface area (TPSA) is 49.4 Å². The van der Waals surface area contributed by atoms with Crippen LogP contribution in [-0.2, 0) is 10.0 Å². The molecule has 1 heterocycles. The van der Waals surface area contributed by atoms with Gasteiger partial charge in [-0.25, -0.2) is 8.42 Å². The van der Waals surface area contributed by atoms with Gasteiger partial charge in [-0.15, -0.1) is 0 Å². The number of nitrogens with zero attached hydrogens (tertiary/aromatic N) is 1. The van der Waals surface area contributed by atoms with Gasteiger partial charge in [-0.1, -0.05) is 19.3 Å². The van der Waals surface area contributed by atoms with Crippen molar-refractivity contribution in [2.24, 2.45) is 0 Å². The van der Waals surface area contributed by atoms with Crippen molar-refractivity contribution in [3.05, 3.63) is 0 Å². The fourth-order valence-electron chi connectivity index (χ4n) is 3.31. The van der Waals surface area contributed by atoms with Gasteiger partial charge in [0.2, 0.25) is 10.0 Å². The van der Waals surface area contributed by atoms with Crippen LogP contribution in [0.25, 0.3) is 0 Å². The Morgan fingerprint density at radius 3 is 2.25 bits per heavy atom. The molecule has 4 nitrogen and oxygen atoms in total. The van der Waals surface area contributed by atoms with E-state index in [0.29, 0.717) is 0 Å². The van der Waals surface area contributed by atoms with Crippen LogP contribution in [0.15, 0.2) is 0 Å². The van der Waals surface area contributed by atoms with Crippen molar-refractivity contribution in [1.82, 2.24) is 9.62 Å². The molecule has 0 aromatic carbocycles. The Labute approximate surface area is 124 Å². The third kappa shape index (κ3) is 3.95. The SMILES string of the molecule is CC(C)(C)NCC1CCCCN1S(=O)(=O)C1CCCC1. The molecule has 1 saturated heterocycles. The van der Waals surface area contributed by atoms with E-state index >= 15 is 0 Å². The fourth-order valence-corrected chi connectivity index (χ4v) is 5.61. The molecule has 1 saturated carbocycles. The minimum Gasteiger partial charge on any atom is -0.310 e. The Balaban J connectivity index is 2.06. The number of sulfonamides is 1. The van der Waals surface area contributed by atoms with Gasteiger partial charge < -0.3 is 5.32 Å². The van der Waals surface area contributed by atoms with Crippen LogP contribution < -0.4 is 5.32 Å². The lowest BCUT2D eigenvalue weighted by Crippen LogP contribution is -2.53. The standard InChI is InChI=1S/C15H30N2O2S/c1-15(2,3)16-12-13-8-6-7-11-17(13)20(18,19)14-9-4-5-10-14/h13-14,16H,4-12H2,1-3H3. The van der Waals surface area contributed by atoms with Gasteiger partial charge in [0.25, 0.3) is 0 Å². The maximum absolute atomic E-state index is 12.8. The lowest BCUT2D eigenvalue weighted by atomic mass is 10.0. The quantitative estimate of drug-likeness (QED) is 0.868. The summed E-state index contributed by atoms with van der Waals surface area (Å²) in [7, 11) is -3.09. The highest BCUT2D eigenvalue weighted by Crippen LogP contribution is 2.30. The van der Waals surface area contributed by atoms with Crippen LogP contribution in [0.4, 0.5) is 0 Å². The van der Waals surface area contributed by atoms with E-state index in [4.69, 9.17) is 0 Å². The molecular weight excluding hydrogens is 272 g/mol. The van der Waals surface area contributed by atoms with Gasteiger partial charge in [0.15, 0.2) is 0 Å². The van der Waals surface area contributed by atoms with Gasteiger partial charge in [-0.05, 0) is 46.5 Å². The Morgan fingerprint density at radius 2 is 1.65 bits per heavy atom. The zero-order valence-electron chi connectivity index (χ0n) is 13.2. The zero-order valence-corrected chi connectivity index (χ0v) is 14.0. The average Bonchev–Trinajstić information content (AvgIpc) is 2.90. The highest BCUT2D eigenvalue weighted by molar-refractivity contribution is 7.89. The first kappa shape index (κ1) is 16.2. The van der Waals surface area contributed by atoms with E-state index in [0.717, 1.165) is 58.0 Å². The van der Waals surface area contributed by atoms with Crippen molar-refractivity contribution in [2.75, 3.05) is 13.1 Å². The molecule has 0 amide bonds. The number of hydrogen-bond acceptors (Lipinski definition) is 3. The van der Waals surface area contributed by atoms with Crippen LogP contribution in [0.3, 0.4) is 0 Å². The Bertz CT molecular complexity index is 408. The van der Waals surface area contributed by atoms with Gasteiger partial charge >= 0.3 is 0 Å². The molecule has 0 aromatic heterocycles. The van der Waals surface area contributed by atoms with Gasteiger partial charge in [0.05, 0.1) is 5.25 Å². The molecule has 20 heavy (non-hydrogen) atoms. The van der Waals surface area contributed by atoms with Crippen molar-refractivity contribution < 1.29 is 8.42 Å². The van der Waals surface area contributed by atoms with E-state index in [9.17, 15) is 8.42 Å². The van der Waals surface area contributed by atoms with Crippen molar-refractivity contribution in [2.45, 2.75) is 82.5 Å². The maximum Gasteiger partial charge on any atom is 0.217 e. The number of hydrogen-bond donors (Lipinski definition) is 1. The lowest BCUT2D eigenvalue weighted by Gasteiger charge is -2.38. The summed E-state index contributed by atoms with van der Waals surface area (Å²) in [5.74, 6) is 0. The van der Waals surface area contributed by atoms with E-state index in [1.807, 2.05) is 4.31 Å². The van der Waals surface area contributed by atoms with Crippen molar-refractivity contribution in [3.8, 4) is 0 Å². The monoisotopic (exact) mass is 302 g/mol. The third-order valence-corrected chi connectivity index (χ3v) is 6.94. The van der Waals surface area contributed by atoms with Gasteiger partial charge in [-0.3, -0.25) is 0 Å². The molecule has 0 spiro atoms. The summed E-state index contributed by atoms with van der Waals surface area (Å²) >= 11 is 0. The molecule has 1 aliphatic heterocycles. The van der Waals surface area contributed by atoms with Crippen molar-refractivity contribution >= 4 is 10.0 Å². The summed E-state index contributed by atoms with van der Waals surface area (Å²) in [4.78, 5) is 0. The number of nitrogens with one attached hydrogen (secondary N) is 1. The van der Waals surface area contributed by atoms with Gasteiger partial charge in [0, 0.05) is 24.7 Å². The van der Waals surface area contributed by atoms with Crippen LogP contribution in [0, 0.1) is 0 Å². The Hall–Kier alpha value is -0.130. The van der Waals surface area contributed by atoms with Gasteiger partial charge in [-0.2, -0.15) is 4.31 Å². The highest BCUT2D eigenvalue weighted by Gasteiger charge is 2.39. The molecule has 1 atom stereocenters. The first-order valence-electron chi connectivity index (χ1n) is 8.06. The Kier molecular flexibility index (Phi) is 5.14. The fraction of sp³-hybridized carbons (Fsp3) is 1.00. The molecule has 0 bridgehead atoms. The largest absolute Gasteiger partial charge is 0.310 e. The summed E-state index contributed by atoms with van der Waals surface area (Å²) < 4.78 is 27.5. The first-order chi connectivity index (χ1) is 9.31. The summed E-state index contributed by atoms with van der Waals surface area (Å²) in [6.07, 6.45) is 7.02. The maximum atomic E-state index is 12.8. The second-order valence-corrected chi connectivity index (χ2v) is 9.51. The minimum absolute atomic E-state index is 0.0419. The molecule has 0 radical (unpaired) electrons. The lowest BCUT2D eigenvalue weighted by molar-refractivity contribution is 0.228. The summed E-state index contributed by atoms with van der Waals surface area (Å²) in [5.41, 5.74) is 0.0419. The molecule has 2 fully saturated rings. The molecular formula is C15H30N2O2S. The second-order valence-electron chi connectivity index (χ2n) is 7.34. The number of piperidine rings is 1. The summed E-state index contributed by atoms with van der Waals surface area (Å²) in [5, 5.41) is 3.36. The smallest absolute Gasteiger partial charge is 0.217 e. The highest BCUT2D eigenvalue weighted by atomic mass is 32.2. The van der Waals surface area contributed by atoms with E-state index in [-0.39, 0.29) is 16.8 Å². The number of rotatable bonds is 4. The molecule has 1 aliphatic carbocycles. The van der Waals surface area contributed by atoms with Crippen LogP contribution in [-0.4, -0.2) is 42.6 Å². The van der Waals surface area contributed by atoms with Gasteiger partial charge in [0.1, 0.15) is 0 Å². The first-order valence-corrected chi connectivity index (χ1v) is 9.57. The molecule has 2 rings (SSSR count). The van der Waals surface area contributed by atoms with Crippen molar-refractivity contribution in [3.63, 3.8) is 0 Å². The second kappa shape index (κ2) is 6.32. The predicted octanol–water partition coefficient (Wildman–Crippen LogP) is 2.50. The molecule has 1 unspecified atom stereocenters. The normalized spacial score (nSPS) is 27.1. The third-order valence-electron chi connectivity index (χ3n) is 4.49.